The zero-order chi connectivity index (χ0) is 13.7. The molecular weight excluding hydrogens is 226 g/mol. The molecule has 0 saturated heterocycles. The zero-order valence-corrected chi connectivity index (χ0v) is 11.8. The van der Waals surface area contributed by atoms with E-state index in [1.54, 1.807) is 14.2 Å². The van der Waals surface area contributed by atoms with Gasteiger partial charge in [0, 0.05) is 7.05 Å². The number of aryl methyl sites for hydroxylation is 1. The van der Waals surface area contributed by atoms with E-state index in [0.29, 0.717) is 6.42 Å². The Morgan fingerprint density at radius 1 is 1.33 bits per heavy atom. The van der Waals surface area contributed by atoms with Crippen LogP contribution < -0.4 is 10.1 Å². The first-order valence-corrected chi connectivity index (χ1v) is 6.01. The minimum absolute atomic E-state index is 0.0217. The predicted molar refractivity (Wildman–Crippen MR) is 74.7 cm³/mol. The highest BCUT2D eigenvalue weighted by Crippen LogP contribution is 2.28. The lowest BCUT2D eigenvalue weighted by Gasteiger charge is -2.14. The third kappa shape index (κ3) is 3.36. The molecule has 0 radical (unpaired) electrons. The van der Waals surface area contributed by atoms with Gasteiger partial charge in [-0.3, -0.25) is 4.79 Å². The lowest BCUT2D eigenvalue weighted by Crippen LogP contribution is -2.18. The lowest BCUT2D eigenvalue weighted by atomic mass is 9.94. The SMILES string of the molecule is CNC(=O)CC(=C(C)C)c1cc(OC)ccc1C. The van der Waals surface area contributed by atoms with Gasteiger partial charge in [0.1, 0.15) is 5.75 Å². The average Bonchev–Trinajstić information content (AvgIpc) is 2.36. The van der Waals surface area contributed by atoms with E-state index >= 15 is 0 Å². The third-order valence-electron chi connectivity index (χ3n) is 2.99. The topological polar surface area (TPSA) is 38.3 Å². The molecule has 0 unspecified atom stereocenters. The lowest BCUT2D eigenvalue weighted by molar-refractivity contribution is -0.119. The monoisotopic (exact) mass is 247 g/mol. The summed E-state index contributed by atoms with van der Waals surface area (Å²) >= 11 is 0. The summed E-state index contributed by atoms with van der Waals surface area (Å²) in [5, 5.41) is 2.66. The summed E-state index contributed by atoms with van der Waals surface area (Å²) in [5.41, 5.74) is 4.44. The summed E-state index contributed by atoms with van der Waals surface area (Å²) in [6.07, 6.45) is 0.396. The quantitative estimate of drug-likeness (QED) is 0.888. The molecule has 1 aromatic carbocycles. The Hall–Kier alpha value is -1.77. The summed E-state index contributed by atoms with van der Waals surface area (Å²) in [7, 11) is 3.30. The first-order valence-electron chi connectivity index (χ1n) is 6.01. The normalized spacial score (nSPS) is 9.83. The minimum atomic E-state index is 0.0217. The van der Waals surface area contributed by atoms with Gasteiger partial charge in [-0.15, -0.1) is 0 Å². The molecule has 0 aliphatic rings. The molecule has 3 heteroatoms. The fraction of sp³-hybridized carbons (Fsp3) is 0.400. The maximum absolute atomic E-state index is 11.6. The highest BCUT2D eigenvalue weighted by atomic mass is 16.5. The van der Waals surface area contributed by atoms with E-state index < -0.39 is 0 Å². The fourth-order valence-electron chi connectivity index (χ4n) is 1.84. The van der Waals surface area contributed by atoms with Crippen molar-refractivity contribution in [3.05, 3.63) is 34.9 Å². The van der Waals surface area contributed by atoms with Gasteiger partial charge in [-0.2, -0.15) is 0 Å². The summed E-state index contributed by atoms with van der Waals surface area (Å²) in [6.45, 7) is 6.09. The Labute approximate surface area is 109 Å². The standard InChI is InChI=1S/C15H21NO2/c1-10(2)13(9-15(17)16-4)14-8-12(18-5)7-6-11(14)3/h6-8H,9H2,1-5H3,(H,16,17). The van der Waals surface area contributed by atoms with Crippen LogP contribution in [0.4, 0.5) is 0 Å². The molecule has 1 N–H and O–H groups in total. The van der Waals surface area contributed by atoms with Crippen LogP contribution in [-0.2, 0) is 4.79 Å². The Morgan fingerprint density at radius 3 is 2.50 bits per heavy atom. The smallest absolute Gasteiger partial charge is 0.224 e. The average molecular weight is 247 g/mol. The van der Waals surface area contributed by atoms with E-state index in [4.69, 9.17) is 4.74 Å². The van der Waals surface area contributed by atoms with Crippen LogP contribution in [0.15, 0.2) is 23.8 Å². The van der Waals surface area contributed by atoms with Crippen molar-refractivity contribution in [1.29, 1.82) is 0 Å². The van der Waals surface area contributed by atoms with Crippen LogP contribution >= 0.6 is 0 Å². The minimum Gasteiger partial charge on any atom is -0.497 e. The van der Waals surface area contributed by atoms with Crippen LogP contribution in [0.2, 0.25) is 0 Å². The van der Waals surface area contributed by atoms with Crippen molar-refractivity contribution in [3.8, 4) is 5.75 Å². The number of rotatable bonds is 4. The molecule has 0 saturated carbocycles. The molecule has 3 nitrogen and oxygen atoms in total. The molecule has 0 aliphatic carbocycles. The Morgan fingerprint density at radius 2 is 2.00 bits per heavy atom. The maximum atomic E-state index is 11.6. The van der Waals surface area contributed by atoms with Crippen LogP contribution in [0, 0.1) is 6.92 Å². The van der Waals surface area contributed by atoms with E-state index in [2.05, 4.69) is 5.32 Å². The summed E-state index contributed by atoms with van der Waals surface area (Å²) in [6, 6.07) is 5.93. The fourth-order valence-corrected chi connectivity index (χ4v) is 1.84. The molecule has 1 amide bonds. The number of hydrogen-bond donors (Lipinski definition) is 1. The van der Waals surface area contributed by atoms with Crippen molar-refractivity contribution >= 4 is 11.5 Å². The number of carbonyl (C=O) groups is 1. The van der Waals surface area contributed by atoms with E-state index in [9.17, 15) is 4.79 Å². The summed E-state index contributed by atoms with van der Waals surface area (Å²) < 4.78 is 5.25. The number of amides is 1. The summed E-state index contributed by atoms with van der Waals surface area (Å²) in [4.78, 5) is 11.6. The number of hydrogen-bond acceptors (Lipinski definition) is 2. The van der Waals surface area contributed by atoms with E-state index in [-0.39, 0.29) is 5.91 Å². The van der Waals surface area contributed by atoms with E-state index in [1.165, 1.54) is 0 Å². The van der Waals surface area contributed by atoms with Gasteiger partial charge in [-0.05, 0) is 49.6 Å². The van der Waals surface area contributed by atoms with Gasteiger partial charge in [0.15, 0.2) is 0 Å². The van der Waals surface area contributed by atoms with Crippen molar-refractivity contribution in [2.24, 2.45) is 0 Å². The van der Waals surface area contributed by atoms with Gasteiger partial charge < -0.3 is 10.1 Å². The highest BCUT2D eigenvalue weighted by Gasteiger charge is 2.12. The van der Waals surface area contributed by atoms with Gasteiger partial charge in [-0.1, -0.05) is 11.6 Å². The molecule has 0 bridgehead atoms. The molecule has 0 aromatic heterocycles. The molecule has 0 fully saturated rings. The van der Waals surface area contributed by atoms with Crippen molar-refractivity contribution in [2.75, 3.05) is 14.2 Å². The Balaban J connectivity index is 3.22. The van der Waals surface area contributed by atoms with Crippen molar-refractivity contribution in [2.45, 2.75) is 27.2 Å². The predicted octanol–water partition coefficient (Wildman–Crippen LogP) is 2.93. The van der Waals surface area contributed by atoms with Gasteiger partial charge in [0.2, 0.25) is 5.91 Å². The van der Waals surface area contributed by atoms with Gasteiger partial charge in [0.25, 0.3) is 0 Å². The number of carbonyl (C=O) groups excluding carboxylic acids is 1. The molecule has 0 aliphatic heterocycles. The van der Waals surface area contributed by atoms with Gasteiger partial charge in [0.05, 0.1) is 13.5 Å². The first-order chi connectivity index (χ1) is 8.49. The van der Waals surface area contributed by atoms with Crippen LogP contribution in [0.25, 0.3) is 5.57 Å². The zero-order valence-electron chi connectivity index (χ0n) is 11.8. The van der Waals surface area contributed by atoms with Crippen molar-refractivity contribution < 1.29 is 9.53 Å². The number of nitrogens with one attached hydrogen (secondary N) is 1. The molecule has 1 aromatic rings. The second-order valence-electron chi connectivity index (χ2n) is 4.51. The maximum Gasteiger partial charge on any atom is 0.224 e. The number of ether oxygens (including phenoxy) is 1. The molecule has 1 rings (SSSR count). The number of allylic oxidation sites excluding steroid dienone is 1. The third-order valence-corrected chi connectivity index (χ3v) is 2.99. The molecule has 0 spiro atoms. The van der Waals surface area contributed by atoms with Gasteiger partial charge in [-0.25, -0.2) is 0 Å². The number of methoxy groups -OCH3 is 1. The first kappa shape index (κ1) is 14.3. The molecule has 98 valence electrons. The Kier molecular flexibility index (Phi) is 4.95. The highest BCUT2D eigenvalue weighted by molar-refractivity contribution is 5.90. The Bertz CT molecular complexity index is 471. The molecule has 0 heterocycles. The summed E-state index contributed by atoms with van der Waals surface area (Å²) in [5.74, 6) is 0.833. The van der Waals surface area contributed by atoms with Crippen molar-refractivity contribution in [1.82, 2.24) is 5.32 Å². The van der Waals surface area contributed by atoms with Gasteiger partial charge >= 0.3 is 0 Å². The molecule has 0 atom stereocenters. The van der Waals surface area contributed by atoms with Crippen LogP contribution in [0.1, 0.15) is 31.4 Å². The second-order valence-corrected chi connectivity index (χ2v) is 4.51. The number of benzene rings is 1. The van der Waals surface area contributed by atoms with Crippen LogP contribution in [-0.4, -0.2) is 20.1 Å². The largest absolute Gasteiger partial charge is 0.497 e. The van der Waals surface area contributed by atoms with E-state index in [1.807, 2.05) is 39.0 Å². The molecule has 18 heavy (non-hydrogen) atoms. The van der Waals surface area contributed by atoms with E-state index in [0.717, 1.165) is 28.0 Å². The van der Waals surface area contributed by atoms with Crippen molar-refractivity contribution in [3.63, 3.8) is 0 Å². The second kappa shape index (κ2) is 6.24. The van der Waals surface area contributed by atoms with Crippen LogP contribution in [0.3, 0.4) is 0 Å². The molecular formula is C15H21NO2. The van der Waals surface area contributed by atoms with Crippen LogP contribution in [0.5, 0.6) is 5.75 Å².